The number of benzene rings is 1. The first-order valence-corrected chi connectivity index (χ1v) is 12.6. The number of ether oxygens (including phenoxy) is 2. The van der Waals surface area contributed by atoms with Gasteiger partial charge in [0.2, 0.25) is 0 Å². The van der Waals surface area contributed by atoms with Gasteiger partial charge in [-0.2, -0.15) is 0 Å². The third-order valence-corrected chi connectivity index (χ3v) is 9.77. The van der Waals surface area contributed by atoms with E-state index in [1.54, 1.807) is 38.3 Å². The van der Waals surface area contributed by atoms with Gasteiger partial charge in [0.15, 0.2) is 23.1 Å². The van der Waals surface area contributed by atoms with Crippen LogP contribution in [0.25, 0.3) is 11.0 Å². The van der Waals surface area contributed by atoms with Crippen molar-refractivity contribution in [2.45, 2.75) is 51.9 Å². The Bertz CT molecular complexity index is 1320. The quantitative estimate of drug-likeness (QED) is 0.554. The summed E-state index contributed by atoms with van der Waals surface area (Å²) in [4.78, 5) is 14.4. The lowest BCUT2D eigenvalue weighted by Crippen LogP contribution is -2.66. The molecule has 2 fully saturated rings. The number of rotatable bonds is 4. The molecule has 1 aromatic heterocycles. The summed E-state index contributed by atoms with van der Waals surface area (Å²) in [6.07, 6.45) is 1.68. The fraction of sp³-hybridized carbons (Fsp3) is 0.571. The predicted molar refractivity (Wildman–Crippen MR) is 130 cm³/mol. The van der Waals surface area contributed by atoms with Crippen LogP contribution in [0.4, 0.5) is 0 Å². The maximum Gasteiger partial charge on any atom is 0.262 e. The first-order chi connectivity index (χ1) is 17.0. The van der Waals surface area contributed by atoms with E-state index in [4.69, 9.17) is 14.0 Å². The van der Waals surface area contributed by atoms with Gasteiger partial charge in [0.1, 0.15) is 11.9 Å². The molecule has 8 atom stereocenters. The maximum absolute atomic E-state index is 14.4. The average Bonchev–Trinajstić information content (AvgIpc) is 3.13. The zero-order chi connectivity index (χ0) is 25.8. The van der Waals surface area contributed by atoms with E-state index < -0.39 is 35.7 Å². The molecule has 0 radical (unpaired) electrons. The van der Waals surface area contributed by atoms with Gasteiger partial charge >= 0.3 is 0 Å². The fourth-order valence-corrected chi connectivity index (χ4v) is 7.81. The predicted octanol–water partition coefficient (Wildman–Crippen LogP) is 3.05. The molecular formula is C28H33NO7. The Kier molecular flexibility index (Phi) is 4.89. The van der Waals surface area contributed by atoms with Crippen LogP contribution in [0.2, 0.25) is 0 Å². The van der Waals surface area contributed by atoms with Crippen molar-refractivity contribution in [2.75, 3.05) is 13.7 Å². The summed E-state index contributed by atoms with van der Waals surface area (Å²) < 4.78 is 17.1. The minimum absolute atomic E-state index is 0.0212. The monoisotopic (exact) mass is 495 g/mol. The summed E-state index contributed by atoms with van der Waals surface area (Å²) in [5.41, 5.74) is -2.08. The standard InChI is InChI=1S/C28H33NO7/c1-13-11-27-14(2)8-19-21(26(19,3)4)18(23(27)32)9-15(12-30)22(31)28(27,33)24(13)35-25-17-10-16(34-5)6-7-20(17)36-29-25/h6-7,9-11,14,18-19,21-22,24,30-31,33H,8,12H2,1-5H3/t14-,18+,19-,21+,22-,24+,27+,28+/m1/s1. The Morgan fingerprint density at radius 3 is 2.72 bits per heavy atom. The number of hydrogen-bond donors (Lipinski definition) is 3. The highest BCUT2D eigenvalue weighted by molar-refractivity contribution is 5.95. The van der Waals surface area contributed by atoms with Gasteiger partial charge in [-0.1, -0.05) is 32.9 Å². The van der Waals surface area contributed by atoms with Crippen molar-refractivity contribution in [3.63, 3.8) is 0 Å². The number of carbonyl (C=O) groups is 1. The van der Waals surface area contributed by atoms with Crippen LogP contribution in [-0.2, 0) is 4.79 Å². The molecule has 4 aliphatic rings. The molecule has 0 amide bonds. The van der Waals surface area contributed by atoms with E-state index in [9.17, 15) is 20.1 Å². The molecule has 6 rings (SSSR count). The van der Waals surface area contributed by atoms with Gasteiger partial charge in [-0.3, -0.25) is 4.79 Å². The van der Waals surface area contributed by atoms with E-state index in [1.807, 2.05) is 13.0 Å². The second-order valence-corrected chi connectivity index (χ2v) is 11.7. The number of fused-ring (bicyclic) bond motifs is 4. The number of aliphatic hydroxyl groups is 3. The van der Waals surface area contributed by atoms with Crippen molar-refractivity contribution in [3.05, 3.63) is 41.5 Å². The van der Waals surface area contributed by atoms with Gasteiger partial charge in [-0.15, -0.1) is 0 Å². The number of aromatic nitrogens is 1. The lowest BCUT2D eigenvalue weighted by molar-refractivity contribution is -0.186. The number of hydrogen-bond acceptors (Lipinski definition) is 8. The van der Waals surface area contributed by atoms with Crippen molar-refractivity contribution < 1.29 is 34.1 Å². The SMILES string of the molecule is COc1ccc2onc(O[C@H]3C(C)=C[C@]45C(=O)[C@@H](C=C(CO)[C@@H](O)[C@]34O)[C@H]3[C@@H](C[C@H]5C)C3(C)C)c2c1. The molecule has 2 saturated carbocycles. The van der Waals surface area contributed by atoms with Gasteiger partial charge in [-0.05, 0) is 71.0 Å². The van der Waals surface area contributed by atoms with E-state index in [-0.39, 0.29) is 34.5 Å². The van der Waals surface area contributed by atoms with Crippen molar-refractivity contribution in [1.82, 2.24) is 5.16 Å². The lowest BCUT2D eigenvalue weighted by Gasteiger charge is -2.48. The molecule has 0 unspecified atom stereocenters. The molecule has 8 nitrogen and oxygen atoms in total. The van der Waals surface area contributed by atoms with E-state index in [2.05, 4.69) is 19.0 Å². The van der Waals surface area contributed by atoms with E-state index in [0.717, 1.165) is 6.42 Å². The van der Waals surface area contributed by atoms with Crippen molar-refractivity contribution in [2.24, 2.45) is 34.5 Å². The van der Waals surface area contributed by atoms with E-state index in [1.165, 1.54) is 0 Å². The zero-order valence-electron chi connectivity index (χ0n) is 21.2. The van der Waals surface area contributed by atoms with Crippen LogP contribution in [0.3, 0.4) is 0 Å². The molecule has 1 heterocycles. The number of aliphatic hydroxyl groups excluding tert-OH is 2. The second kappa shape index (κ2) is 7.43. The van der Waals surface area contributed by atoms with Crippen LogP contribution in [0.1, 0.15) is 34.1 Å². The van der Waals surface area contributed by atoms with Gasteiger partial charge in [0, 0.05) is 5.92 Å². The smallest absolute Gasteiger partial charge is 0.262 e. The molecule has 0 aliphatic heterocycles. The summed E-state index contributed by atoms with van der Waals surface area (Å²) in [5, 5.41) is 39.1. The van der Waals surface area contributed by atoms with E-state index in [0.29, 0.717) is 28.2 Å². The Morgan fingerprint density at radius 2 is 2.03 bits per heavy atom. The van der Waals surface area contributed by atoms with E-state index >= 15 is 0 Å². The lowest BCUT2D eigenvalue weighted by atomic mass is 9.59. The Morgan fingerprint density at radius 1 is 1.28 bits per heavy atom. The first-order valence-electron chi connectivity index (χ1n) is 12.6. The van der Waals surface area contributed by atoms with Gasteiger partial charge in [0.05, 0.1) is 24.5 Å². The number of carbonyl (C=O) groups excluding carboxylic acids is 1. The van der Waals surface area contributed by atoms with Crippen LogP contribution in [-0.4, -0.2) is 57.8 Å². The third-order valence-electron chi connectivity index (χ3n) is 9.77. The highest BCUT2D eigenvalue weighted by atomic mass is 16.6. The highest BCUT2D eigenvalue weighted by Gasteiger charge is 2.76. The normalized spacial score (nSPS) is 40.5. The number of methoxy groups -OCH3 is 1. The Labute approximate surface area is 209 Å². The van der Waals surface area contributed by atoms with Crippen molar-refractivity contribution >= 4 is 16.8 Å². The van der Waals surface area contributed by atoms with Crippen LogP contribution >= 0.6 is 0 Å². The van der Waals surface area contributed by atoms with Gasteiger partial charge < -0.3 is 29.3 Å². The molecule has 4 aliphatic carbocycles. The van der Waals surface area contributed by atoms with Crippen LogP contribution < -0.4 is 9.47 Å². The molecule has 192 valence electrons. The maximum atomic E-state index is 14.4. The molecule has 2 aromatic rings. The Balaban J connectivity index is 1.51. The number of allylic oxidation sites excluding steroid dienone is 1. The number of ketones is 1. The molecule has 2 bridgehead atoms. The summed E-state index contributed by atoms with van der Waals surface area (Å²) in [6.45, 7) is 7.66. The number of nitrogens with zero attached hydrogens (tertiary/aromatic N) is 1. The van der Waals surface area contributed by atoms with Gasteiger partial charge in [-0.25, -0.2) is 0 Å². The largest absolute Gasteiger partial charge is 0.497 e. The molecule has 0 saturated heterocycles. The summed E-state index contributed by atoms with van der Waals surface area (Å²) in [6, 6.07) is 5.18. The molecule has 3 N–H and O–H groups in total. The summed E-state index contributed by atoms with van der Waals surface area (Å²) >= 11 is 0. The zero-order valence-corrected chi connectivity index (χ0v) is 21.2. The molecule has 8 heteroatoms. The molecule has 1 spiro atoms. The average molecular weight is 496 g/mol. The van der Waals surface area contributed by atoms with Crippen molar-refractivity contribution in [1.29, 1.82) is 0 Å². The first kappa shape index (κ1) is 23.7. The topological polar surface area (TPSA) is 122 Å². The van der Waals surface area contributed by atoms with Crippen molar-refractivity contribution in [3.8, 4) is 11.6 Å². The Hall–Kier alpha value is -2.68. The third kappa shape index (κ3) is 2.70. The second-order valence-electron chi connectivity index (χ2n) is 11.7. The van der Waals surface area contributed by atoms with Crippen LogP contribution in [0.5, 0.6) is 11.6 Å². The number of Topliss-reactive ketones (excluding diaryl/α,β-unsaturated/α-hetero) is 1. The summed E-state index contributed by atoms with van der Waals surface area (Å²) in [5.74, 6) is 0.263. The fourth-order valence-electron chi connectivity index (χ4n) is 7.81. The minimum Gasteiger partial charge on any atom is -0.497 e. The van der Waals surface area contributed by atoms with Crippen LogP contribution in [0, 0.1) is 34.5 Å². The van der Waals surface area contributed by atoms with Gasteiger partial charge in [0.25, 0.3) is 5.88 Å². The summed E-state index contributed by atoms with van der Waals surface area (Å²) in [7, 11) is 1.55. The minimum atomic E-state index is -2.04. The highest BCUT2D eigenvalue weighted by Crippen LogP contribution is 2.71. The molecule has 36 heavy (non-hydrogen) atoms. The molecular weight excluding hydrogens is 462 g/mol. The van der Waals surface area contributed by atoms with Crippen LogP contribution in [0.15, 0.2) is 46.0 Å². The molecule has 1 aromatic carbocycles.